The number of nitrogens with one attached hydrogen (secondary N) is 1. The molecule has 3 rings (SSSR count). The van der Waals surface area contributed by atoms with Crippen molar-refractivity contribution >= 4 is 27.5 Å². The molecule has 1 saturated carbocycles. The minimum atomic E-state index is -0.128. The molecule has 0 saturated heterocycles. The molecule has 114 valence electrons. The van der Waals surface area contributed by atoms with Gasteiger partial charge >= 0.3 is 0 Å². The molecule has 0 bridgehead atoms. The molecule has 0 radical (unpaired) electrons. The van der Waals surface area contributed by atoms with E-state index in [0.29, 0.717) is 11.7 Å². The Balaban J connectivity index is 1.63. The van der Waals surface area contributed by atoms with Crippen LogP contribution in [-0.4, -0.2) is 12.0 Å². The van der Waals surface area contributed by atoms with Crippen molar-refractivity contribution in [3.63, 3.8) is 0 Å². The zero-order valence-corrected chi connectivity index (χ0v) is 13.8. The normalized spacial score (nSPS) is 14.8. The van der Waals surface area contributed by atoms with Gasteiger partial charge in [0, 0.05) is 10.2 Å². The largest absolute Gasteiger partial charge is 0.490 e. The minimum absolute atomic E-state index is 0.128. The fourth-order valence-electron chi connectivity index (χ4n) is 2.66. The first kappa shape index (κ1) is 15.1. The molecule has 0 atom stereocenters. The third-order valence-electron chi connectivity index (χ3n) is 3.84. The van der Waals surface area contributed by atoms with E-state index in [2.05, 4.69) is 21.2 Å². The van der Waals surface area contributed by atoms with Gasteiger partial charge in [0.1, 0.15) is 5.75 Å². The molecule has 1 amide bonds. The average molecular weight is 360 g/mol. The van der Waals surface area contributed by atoms with Crippen LogP contribution in [0, 0.1) is 0 Å². The summed E-state index contributed by atoms with van der Waals surface area (Å²) in [6, 6.07) is 14.9. The molecular formula is C18H18BrNO2. The highest BCUT2D eigenvalue weighted by molar-refractivity contribution is 9.10. The Morgan fingerprint density at radius 2 is 1.73 bits per heavy atom. The van der Waals surface area contributed by atoms with E-state index in [4.69, 9.17) is 4.74 Å². The Bertz CT molecular complexity index is 648. The first-order valence-corrected chi connectivity index (χ1v) is 8.34. The van der Waals surface area contributed by atoms with Gasteiger partial charge in [0.15, 0.2) is 0 Å². The van der Waals surface area contributed by atoms with E-state index in [0.717, 1.165) is 28.8 Å². The number of ether oxygens (including phenoxy) is 1. The predicted octanol–water partition coefficient (Wildman–Crippen LogP) is 5.02. The first-order chi connectivity index (χ1) is 10.7. The topological polar surface area (TPSA) is 38.3 Å². The highest BCUT2D eigenvalue weighted by Crippen LogP contribution is 2.25. The van der Waals surface area contributed by atoms with Crippen molar-refractivity contribution in [2.24, 2.45) is 0 Å². The standard InChI is InChI=1S/C18H18BrNO2/c19-17-8-4-3-7-16(17)18(21)20-13-9-11-15(12-10-13)22-14-5-1-2-6-14/h3-4,7-12,14H,1-2,5-6H2,(H,20,21). The van der Waals surface area contributed by atoms with Crippen molar-refractivity contribution < 1.29 is 9.53 Å². The van der Waals surface area contributed by atoms with Gasteiger partial charge < -0.3 is 10.1 Å². The van der Waals surface area contributed by atoms with Gasteiger partial charge in [-0.05, 0) is 78.0 Å². The molecule has 1 fully saturated rings. The summed E-state index contributed by atoms with van der Waals surface area (Å²) >= 11 is 3.39. The summed E-state index contributed by atoms with van der Waals surface area (Å²) in [4.78, 5) is 12.2. The van der Waals surface area contributed by atoms with Crippen molar-refractivity contribution in [3.8, 4) is 5.75 Å². The number of halogens is 1. The number of benzene rings is 2. The lowest BCUT2D eigenvalue weighted by Crippen LogP contribution is -2.13. The van der Waals surface area contributed by atoms with Crippen LogP contribution in [0.1, 0.15) is 36.0 Å². The van der Waals surface area contributed by atoms with E-state index in [9.17, 15) is 4.79 Å². The molecule has 4 heteroatoms. The summed E-state index contributed by atoms with van der Waals surface area (Å²) in [6.45, 7) is 0. The smallest absolute Gasteiger partial charge is 0.256 e. The summed E-state index contributed by atoms with van der Waals surface area (Å²) in [5.41, 5.74) is 1.38. The van der Waals surface area contributed by atoms with E-state index in [-0.39, 0.29) is 5.91 Å². The SMILES string of the molecule is O=C(Nc1ccc(OC2CCCC2)cc1)c1ccccc1Br. The van der Waals surface area contributed by atoms with Crippen LogP contribution in [0.25, 0.3) is 0 Å². The maximum absolute atomic E-state index is 12.2. The van der Waals surface area contributed by atoms with Crippen LogP contribution >= 0.6 is 15.9 Å². The summed E-state index contributed by atoms with van der Waals surface area (Å²) in [6.07, 6.45) is 5.14. The highest BCUT2D eigenvalue weighted by Gasteiger charge is 2.16. The molecule has 0 heterocycles. The summed E-state index contributed by atoms with van der Waals surface area (Å²) in [7, 11) is 0. The number of rotatable bonds is 4. The Morgan fingerprint density at radius 1 is 1.05 bits per heavy atom. The molecule has 1 N–H and O–H groups in total. The van der Waals surface area contributed by atoms with Gasteiger partial charge in [0.2, 0.25) is 0 Å². The number of carbonyl (C=O) groups is 1. The second kappa shape index (κ2) is 6.97. The number of hydrogen-bond acceptors (Lipinski definition) is 2. The van der Waals surface area contributed by atoms with Crippen LogP contribution in [0.15, 0.2) is 53.0 Å². The van der Waals surface area contributed by atoms with Crippen molar-refractivity contribution in [1.29, 1.82) is 0 Å². The summed E-state index contributed by atoms with van der Waals surface area (Å²) in [5.74, 6) is 0.739. The maximum atomic E-state index is 12.2. The van der Waals surface area contributed by atoms with E-state index in [1.165, 1.54) is 12.8 Å². The monoisotopic (exact) mass is 359 g/mol. The second-order valence-corrected chi connectivity index (χ2v) is 6.34. The van der Waals surface area contributed by atoms with Crippen molar-refractivity contribution in [2.45, 2.75) is 31.8 Å². The third-order valence-corrected chi connectivity index (χ3v) is 4.53. The van der Waals surface area contributed by atoms with Crippen LogP contribution in [0.3, 0.4) is 0 Å². The van der Waals surface area contributed by atoms with Crippen LogP contribution < -0.4 is 10.1 Å². The van der Waals surface area contributed by atoms with Crippen molar-refractivity contribution in [1.82, 2.24) is 0 Å². The lowest BCUT2D eigenvalue weighted by Gasteiger charge is -2.13. The maximum Gasteiger partial charge on any atom is 0.256 e. The summed E-state index contributed by atoms with van der Waals surface area (Å²) < 4.78 is 6.70. The van der Waals surface area contributed by atoms with E-state index in [1.807, 2.05) is 42.5 Å². The van der Waals surface area contributed by atoms with Crippen LogP contribution in [0.5, 0.6) is 5.75 Å². The Hall–Kier alpha value is -1.81. The third kappa shape index (κ3) is 3.69. The molecule has 2 aromatic carbocycles. The quantitative estimate of drug-likeness (QED) is 0.831. The lowest BCUT2D eigenvalue weighted by atomic mass is 10.2. The Kier molecular flexibility index (Phi) is 4.78. The molecule has 0 unspecified atom stereocenters. The average Bonchev–Trinajstić information content (AvgIpc) is 3.02. The van der Waals surface area contributed by atoms with Gasteiger partial charge in [-0.15, -0.1) is 0 Å². The molecule has 0 aliphatic heterocycles. The Labute approximate surface area is 138 Å². The number of carbonyl (C=O) groups excluding carboxylic acids is 1. The fourth-order valence-corrected chi connectivity index (χ4v) is 3.12. The van der Waals surface area contributed by atoms with Crippen LogP contribution in [0.2, 0.25) is 0 Å². The number of anilines is 1. The molecule has 0 aromatic heterocycles. The van der Waals surface area contributed by atoms with Gasteiger partial charge in [-0.3, -0.25) is 4.79 Å². The number of hydrogen-bond donors (Lipinski definition) is 1. The second-order valence-electron chi connectivity index (χ2n) is 5.48. The molecule has 2 aromatic rings. The number of amides is 1. The highest BCUT2D eigenvalue weighted by atomic mass is 79.9. The van der Waals surface area contributed by atoms with Crippen LogP contribution in [0.4, 0.5) is 5.69 Å². The first-order valence-electron chi connectivity index (χ1n) is 7.55. The predicted molar refractivity (Wildman–Crippen MR) is 91.4 cm³/mol. The Morgan fingerprint density at radius 3 is 2.41 bits per heavy atom. The van der Waals surface area contributed by atoms with E-state index >= 15 is 0 Å². The molecular weight excluding hydrogens is 342 g/mol. The molecule has 1 aliphatic carbocycles. The van der Waals surface area contributed by atoms with Gasteiger partial charge in [-0.2, -0.15) is 0 Å². The zero-order valence-electron chi connectivity index (χ0n) is 12.2. The molecule has 0 spiro atoms. The van der Waals surface area contributed by atoms with Gasteiger partial charge in [0.05, 0.1) is 11.7 Å². The van der Waals surface area contributed by atoms with Crippen molar-refractivity contribution in [2.75, 3.05) is 5.32 Å². The lowest BCUT2D eigenvalue weighted by molar-refractivity contribution is 0.102. The van der Waals surface area contributed by atoms with Gasteiger partial charge in [-0.1, -0.05) is 12.1 Å². The molecule has 3 nitrogen and oxygen atoms in total. The van der Waals surface area contributed by atoms with Gasteiger partial charge in [-0.25, -0.2) is 0 Å². The zero-order chi connectivity index (χ0) is 15.4. The summed E-state index contributed by atoms with van der Waals surface area (Å²) in [5, 5.41) is 2.90. The molecule has 1 aliphatic rings. The van der Waals surface area contributed by atoms with Crippen LogP contribution in [-0.2, 0) is 0 Å². The fraction of sp³-hybridized carbons (Fsp3) is 0.278. The van der Waals surface area contributed by atoms with Gasteiger partial charge in [0.25, 0.3) is 5.91 Å². The molecule has 22 heavy (non-hydrogen) atoms. The minimum Gasteiger partial charge on any atom is -0.490 e. The van der Waals surface area contributed by atoms with E-state index < -0.39 is 0 Å². The van der Waals surface area contributed by atoms with Crippen molar-refractivity contribution in [3.05, 3.63) is 58.6 Å². The van der Waals surface area contributed by atoms with E-state index in [1.54, 1.807) is 6.07 Å².